The first-order valence-corrected chi connectivity index (χ1v) is 10.1. The first-order chi connectivity index (χ1) is 13.2. The van der Waals surface area contributed by atoms with Crippen molar-refractivity contribution < 1.29 is 9.53 Å². The predicted octanol–water partition coefficient (Wildman–Crippen LogP) is 4.06. The highest BCUT2D eigenvalue weighted by molar-refractivity contribution is 7.09. The Hall–Kier alpha value is -2.44. The van der Waals surface area contributed by atoms with Crippen molar-refractivity contribution in [3.8, 4) is 5.69 Å². The van der Waals surface area contributed by atoms with Gasteiger partial charge in [-0.1, -0.05) is 6.07 Å². The average Bonchev–Trinajstić information content (AvgIpc) is 3.44. The number of hydrogen-bond acceptors (Lipinski definition) is 4. The van der Waals surface area contributed by atoms with Gasteiger partial charge >= 0.3 is 0 Å². The lowest BCUT2D eigenvalue weighted by molar-refractivity contribution is 0.0509. The van der Waals surface area contributed by atoms with Gasteiger partial charge in [-0.15, -0.1) is 11.3 Å². The molecule has 1 aliphatic heterocycles. The topological polar surface area (TPSA) is 47.4 Å². The number of carbonyl (C=O) groups is 1. The van der Waals surface area contributed by atoms with E-state index in [4.69, 9.17) is 4.74 Å². The van der Waals surface area contributed by atoms with Gasteiger partial charge in [0.05, 0.1) is 24.5 Å². The van der Waals surface area contributed by atoms with Crippen LogP contribution in [0.1, 0.15) is 33.6 Å². The van der Waals surface area contributed by atoms with Gasteiger partial charge < -0.3 is 9.64 Å². The molecule has 0 saturated carbocycles. The number of nitrogens with zero attached hydrogens (tertiary/aromatic N) is 3. The summed E-state index contributed by atoms with van der Waals surface area (Å²) in [6.45, 7) is 4.06. The summed E-state index contributed by atoms with van der Waals surface area (Å²) >= 11 is 1.68. The molecule has 1 unspecified atom stereocenters. The van der Waals surface area contributed by atoms with Gasteiger partial charge in [-0.3, -0.25) is 4.79 Å². The zero-order valence-electron chi connectivity index (χ0n) is 15.4. The largest absolute Gasteiger partial charge is 0.376 e. The van der Waals surface area contributed by atoms with E-state index >= 15 is 0 Å². The van der Waals surface area contributed by atoms with Gasteiger partial charge in [0.2, 0.25) is 0 Å². The zero-order chi connectivity index (χ0) is 18.6. The van der Waals surface area contributed by atoms with Crippen LogP contribution >= 0.6 is 11.3 Å². The third-order valence-electron chi connectivity index (χ3n) is 4.75. The second kappa shape index (κ2) is 8.06. The van der Waals surface area contributed by atoms with E-state index in [2.05, 4.69) is 11.2 Å². The smallest absolute Gasteiger partial charge is 0.254 e. The van der Waals surface area contributed by atoms with Crippen LogP contribution in [0.25, 0.3) is 5.69 Å². The average molecular weight is 382 g/mol. The number of aromatic nitrogens is 2. The molecule has 1 atom stereocenters. The molecule has 0 aliphatic carbocycles. The van der Waals surface area contributed by atoms with Crippen LogP contribution in [-0.2, 0) is 11.3 Å². The second-order valence-corrected chi connectivity index (χ2v) is 7.94. The number of carbonyl (C=O) groups excluding carboxylic acids is 1. The third kappa shape index (κ3) is 4.28. The lowest BCUT2D eigenvalue weighted by Crippen LogP contribution is -2.36. The maximum atomic E-state index is 13.2. The predicted molar refractivity (Wildman–Crippen MR) is 106 cm³/mol. The van der Waals surface area contributed by atoms with Gasteiger partial charge in [-0.2, -0.15) is 5.10 Å². The minimum absolute atomic E-state index is 0.0436. The van der Waals surface area contributed by atoms with E-state index < -0.39 is 0 Å². The standard InChI is InChI=1S/C21H23N3O2S/c1-16-12-22-24(13-16)18-8-6-17(7-9-18)21(25)23(14-19-4-2-10-26-19)15-20-5-3-11-27-20/h3,5-9,11-13,19H,2,4,10,14-15H2,1H3. The molecule has 27 heavy (non-hydrogen) atoms. The molecule has 5 nitrogen and oxygen atoms in total. The van der Waals surface area contributed by atoms with Gasteiger partial charge in [0, 0.05) is 29.8 Å². The summed E-state index contributed by atoms with van der Waals surface area (Å²) in [4.78, 5) is 16.3. The van der Waals surface area contributed by atoms with Gasteiger partial charge in [-0.05, 0) is 61.0 Å². The SMILES string of the molecule is Cc1cnn(-c2ccc(C(=O)N(Cc3cccs3)CC3CCCO3)cc2)c1. The van der Waals surface area contributed by atoms with Crippen molar-refractivity contribution in [2.45, 2.75) is 32.4 Å². The minimum Gasteiger partial charge on any atom is -0.376 e. The van der Waals surface area contributed by atoms with Crippen molar-refractivity contribution in [2.75, 3.05) is 13.2 Å². The molecule has 6 heteroatoms. The Balaban J connectivity index is 1.52. The minimum atomic E-state index is 0.0436. The molecule has 0 bridgehead atoms. The Bertz CT molecular complexity index is 881. The van der Waals surface area contributed by atoms with Crippen LogP contribution in [0.5, 0.6) is 0 Å². The van der Waals surface area contributed by atoms with E-state index in [0.29, 0.717) is 18.7 Å². The van der Waals surface area contributed by atoms with E-state index in [1.807, 2.05) is 64.6 Å². The second-order valence-electron chi connectivity index (χ2n) is 6.91. The van der Waals surface area contributed by atoms with E-state index in [1.165, 1.54) is 4.88 Å². The molecular weight excluding hydrogens is 358 g/mol. The number of rotatable bonds is 6. The molecule has 1 aliphatic rings. The quantitative estimate of drug-likeness (QED) is 0.647. The molecule has 4 rings (SSSR count). The third-order valence-corrected chi connectivity index (χ3v) is 5.61. The lowest BCUT2D eigenvalue weighted by Gasteiger charge is -2.25. The van der Waals surface area contributed by atoms with Gasteiger partial charge in [-0.25, -0.2) is 4.68 Å². The monoisotopic (exact) mass is 381 g/mol. The molecule has 3 heterocycles. The van der Waals surface area contributed by atoms with Crippen LogP contribution in [0.3, 0.4) is 0 Å². The molecule has 140 valence electrons. The summed E-state index contributed by atoms with van der Waals surface area (Å²) in [5.74, 6) is 0.0436. The molecule has 0 radical (unpaired) electrons. The Labute approximate surface area is 163 Å². The van der Waals surface area contributed by atoms with Gasteiger partial charge in [0.15, 0.2) is 0 Å². The van der Waals surface area contributed by atoms with Gasteiger partial charge in [0.1, 0.15) is 0 Å². The van der Waals surface area contributed by atoms with Crippen molar-refractivity contribution >= 4 is 17.2 Å². The fourth-order valence-corrected chi connectivity index (χ4v) is 4.06. The summed E-state index contributed by atoms with van der Waals surface area (Å²) in [6, 6.07) is 11.7. The molecule has 3 aromatic rings. The number of hydrogen-bond donors (Lipinski definition) is 0. The Morgan fingerprint density at radius 3 is 2.81 bits per heavy atom. The van der Waals surface area contributed by atoms with Crippen LogP contribution in [0.15, 0.2) is 54.2 Å². The maximum absolute atomic E-state index is 13.2. The van der Waals surface area contributed by atoms with Crippen molar-refractivity contribution in [1.82, 2.24) is 14.7 Å². The van der Waals surface area contributed by atoms with Crippen molar-refractivity contribution in [1.29, 1.82) is 0 Å². The maximum Gasteiger partial charge on any atom is 0.254 e. The molecule has 0 spiro atoms. The zero-order valence-corrected chi connectivity index (χ0v) is 16.2. The van der Waals surface area contributed by atoms with Crippen LogP contribution in [0.4, 0.5) is 0 Å². The fraction of sp³-hybridized carbons (Fsp3) is 0.333. The molecule has 1 saturated heterocycles. The van der Waals surface area contributed by atoms with Crippen molar-refractivity contribution in [3.63, 3.8) is 0 Å². The highest BCUT2D eigenvalue weighted by Gasteiger charge is 2.24. The summed E-state index contributed by atoms with van der Waals surface area (Å²) in [7, 11) is 0. The molecule has 0 N–H and O–H groups in total. The van der Waals surface area contributed by atoms with E-state index in [1.54, 1.807) is 11.3 Å². The van der Waals surface area contributed by atoms with E-state index in [9.17, 15) is 4.79 Å². The molecular formula is C21H23N3O2S. The molecule has 1 amide bonds. The van der Waals surface area contributed by atoms with Crippen LogP contribution in [-0.4, -0.2) is 39.8 Å². The highest BCUT2D eigenvalue weighted by atomic mass is 32.1. The van der Waals surface area contributed by atoms with Crippen LogP contribution in [0.2, 0.25) is 0 Å². The highest BCUT2D eigenvalue weighted by Crippen LogP contribution is 2.20. The van der Waals surface area contributed by atoms with Crippen LogP contribution < -0.4 is 0 Å². The summed E-state index contributed by atoms with van der Waals surface area (Å²) in [5, 5.41) is 6.37. The number of thiophene rings is 1. The van der Waals surface area contributed by atoms with E-state index in [0.717, 1.165) is 30.7 Å². The number of ether oxygens (including phenoxy) is 1. The number of benzene rings is 1. The number of aryl methyl sites for hydroxylation is 1. The molecule has 1 fully saturated rings. The lowest BCUT2D eigenvalue weighted by atomic mass is 10.1. The Kier molecular flexibility index (Phi) is 5.36. The Morgan fingerprint density at radius 2 is 2.19 bits per heavy atom. The molecule has 2 aromatic heterocycles. The van der Waals surface area contributed by atoms with Gasteiger partial charge in [0.25, 0.3) is 5.91 Å². The van der Waals surface area contributed by atoms with Crippen molar-refractivity contribution in [2.24, 2.45) is 0 Å². The first-order valence-electron chi connectivity index (χ1n) is 9.24. The van der Waals surface area contributed by atoms with E-state index in [-0.39, 0.29) is 12.0 Å². The summed E-state index contributed by atoms with van der Waals surface area (Å²) < 4.78 is 7.58. The number of amides is 1. The van der Waals surface area contributed by atoms with Crippen LogP contribution in [0, 0.1) is 6.92 Å². The summed E-state index contributed by atoms with van der Waals surface area (Å²) in [6.07, 6.45) is 6.02. The Morgan fingerprint density at radius 1 is 1.33 bits per heavy atom. The normalized spacial score (nSPS) is 16.6. The molecule has 1 aromatic carbocycles. The first kappa shape index (κ1) is 17.9. The fourth-order valence-electron chi connectivity index (χ4n) is 3.34. The van der Waals surface area contributed by atoms with Crippen molar-refractivity contribution in [3.05, 3.63) is 70.2 Å². The summed E-state index contributed by atoms with van der Waals surface area (Å²) in [5.41, 5.74) is 2.75.